The predicted octanol–water partition coefficient (Wildman–Crippen LogP) is 3.48. The van der Waals surface area contributed by atoms with E-state index in [1.54, 1.807) is 18.2 Å². The molecule has 7 heteroatoms. The number of hydrogen-bond acceptors (Lipinski definition) is 4. The first kappa shape index (κ1) is 19.6. The van der Waals surface area contributed by atoms with Gasteiger partial charge in [0.05, 0.1) is 23.1 Å². The summed E-state index contributed by atoms with van der Waals surface area (Å²) in [6.07, 6.45) is 3.15. The van der Waals surface area contributed by atoms with Gasteiger partial charge in [0.15, 0.2) is 0 Å². The van der Waals surface area contributed by atoms with Crippen LogP contribution in [0.2, 0.25) is 0 Å². The van der Waals surface area contributed by atoms with Crippen molar-refractivity contribution in [2.45, 2.75) is 19.8 Å². The van der Waals surface area contributed by atoms with E-state index in [-0.39, 0.29) is 29.2 Å². The molecule has 0 aromatic heterocycles. The van der Waals surface area contributed by atoms with Crippen LogP contribution in [0, 0.1) is 11.8 Å². The lowest BCUT2D eigenvalue weighted by molar-refractivity contribution is -0.122. The molecule has 30 heavy (non-hydrogen) atoms. The lowest BCUT2D eigenvalue weighted by atomic mass is 9.82. The number of carboxylic acid groups (broad SMARTS) is 1. The van der Waals surface area contributed by atoms with Gasteiger partial charge in [-0.25, -0.2) is 4.79 Å². The van der Waals surface area contributed by atoms with Gasteiger partial charge in [-0.2, -0.15) is 0 Å². The van der Waals surface area contributed by atoms with Crippen LogP contribution in [-0.2, 0) is 9.59 Å². The summed E-state index contributed by atoms with van der Waals surface area (Å²) in [5.41, 5.74) is 2.34. The van der Waals surface area contributed by atoms with Crippen LogP contribution in [0.1, 0.15) is 40.5 Å². The minimum absolute atomic E-state index is 0.118. The van der Waals surface area contributed by atoms with Crippen LogP contribution >= 0.6 is 0 Å². The van der Waals surface area contributed by atoms with E-state index >= 15 is 0 Å². The monoisotopic (exact) mass is 404 g/mol. The number of benzene rings is 2. The van der Waals surface area contributed by atoms with Gasteiger partial charge < -0.3 is 10.4 Å². The Morgan fingerprint density at radius 2 is 1.70 bits per heavy atom. The van der Waals surface area contributed by atoms with Gasteiger partial charge in [0.25, 0.3) is 5.91 Å². The molecule has 1 aliphatic heterocycles. The molecule has 0 unspecified atom stereocenters. The Morgan fingerprint density at radius 3 is 2.40 bits per heavy atom. The summed E-state index contributed by atoms with van der Waals surface area (Å²) < 4.78 is 0. The highest BCUT2D eigenvalue weighted by atomic mass is 16.4. The summed E-state index contributed by atoms with van der Waals surface area (Å²) in [5, 5.41) is 11.6. The highest BCUT2D eigenvalue weighted by molar-refractivity contribution is 6.22. The number of nitrogens with one attached hydrogen (secondary N) is 1. The minimum atomic E-state index is -1.05. The van der Waals surface area contributed by atoms with Gasteiger partial charge in [0.2, 0.25) is 11.8 Å². The molecule has 2 N–H and O–H groups in total. The Balaban J connectivity index is 1.54. The molecule has 2 aliphatic rings. The third-order valence-electron chi connectivity index (χ3n) is 5.58. The normalized spacial score (nSPS) is 20.6. The zero-order valence-corrected chi connectivity index (χ0v) is 16.3. The van der Waals surface area contributed by atoms with Crippen molar-refractivity contribution in [1.29, 1.82) is 0 Å². The topological polar surface area (TPSA) is 104 Å². The average molecular weight is 404 g/mol. The Kier molecular flexibility index (Phi) is 4.95. The molecule has 0 saturated carbocycles. The highest BCUT2D eigenvalue weighted by Gasteiger charge is 2.48. The van der Waals surface area contributed by atoms with E-state index in [4.69, 9.17) is 5.11 Å². The van der Waals surface area contributed by atoms with Crippen molar-refractivity contribution in [2.24, 2.45) is 11.8 Å². The second-order valence-corrected chi connectivity index (χ2v) is 7.60. The number of hydrogen-bond donors (Lipinski definition) is 2. The Labute approximate surface area is 173 Å². The number of aromatic carboxylic acids is 1. The molecular formula is C23H20N2O5. The van der Waals surface area contributed by atoms with E-state index in [9.17, 15) is 19.2 Å². The van der Waals surface area contributed by atoms with Crippen LogP contribution in [0.25, 0.3) is 0 Å². The standard InChI is InChI=1S/C23H20N2O5/c1-13-5-10-18-19(11-13)22(28)25(21(18)27)17-4-2-3-15(12-17)20(26)24-16-8-6-14(7-9-16)23(29)30/h2-9,12,18-19H,10-11H2,1H3,(H,24,26)(H,29,30)/t18-,19+/m0/s1. The maximum absolute atomic E-state index is 12.9. The maximum atomic E-state index is 12.9. The van der Waals surface area contributed by atoms with Gasteiger partial charge in [-0.05, 0) is 62.2 Å². The number of rotatable bonds is 4. The molecular weight excluding hydrogens is 384 g/mol. The van der Waals surface area contributed by atoms with Crippen molar-refractivity contribution >= 4 is 35.1 Å². The zero-order chi connectivity index (χ0) is 21.4. The average Bonchev–Trinajstić information content (AvgIpc) is 2.98. The fourth-order valence-corrected chi connectivity index (χ4v) is 3.98. The molecule has 0 spiro atoms. The molecule has 0 bridgehead atoms. The number of nitrogens with zero attached hydrogens (tertiary/aromatic N) is 1. The van der Waals surface area contributed by atoms with Crippen LogP contribution in [0.5, 0.6) is 0 Å². The van der Waals surface area contributed by atoms with Gasteiger partial charge in [0, 0.05) is 11.3 Å². The van der Waals surface area contributed by atoms with Gasteiger partial charge in [-0.15, -0.1) is 0 Å². The summed E-state index contributed by atoms with van der Waals surface area (Å²) in [6, 6.07) is 12.2. The number of imide groups is 1. The quantitative estimate of drug-likeness (QED) is 0.600. The summed E-state index contributed by atoms with van der Waals surface area (Å²) in [4.78, 5) is 50.5. The molecule has 152 valence electrons. The van der Waals surface area contributed by atoms with E-state index < -0.39 is 11.9 Å². The molecule has 2 aromatic rings. The van der Waals surface area contributed by atoms with Crippen molar-refractivity contribution in [2.75, 3.05) is 10.2 Å². The second kappa shape index (κ2) is 7.59. The van der Waals surface area contributed by atoms with Crippen LogP contribution in [-0.4, -0.2) is 28.8 Å². The third kappa shape index (κ3) is 3.50. The fraction of sp³-hybridized carbons (Fsp3) is 0.217. The lowest BCUT2D eigenvalue weighted by Gasteiger charge is -2.18. The summed E-state index contributed by atoms with van der Waals surface area (Å²) >= 11 is 0. The van der Waals surface area contributed by atoms with Crippen molar-refractivity contribution in [3.63, 3.8) is 0 Å². The van der Waals surface area contributed by atoms with E-state index in [1.165, 1.54) is 35.2 Å². The van der Waals surface area contributed by atoms with Gasteiger partial charge in [-0.3, -0.25) is 19.3 Å². The van der Waals surface area contributed by atoms with Crippen molar-refractivity contribution in [3.8, 4) is 0 Å². The molecule has 7 nitrogen and oxygen atoms in total. The Bertz CT molecular complexity index is 1090. The lowest BCUT2D eigenvalue weighted by Crippen LogP contribution is -2.31. The number of allylic oxidation sites excluding steroid dienone is 2. The van der Waals surface area contributed by atoms with Crippen LogP contribution in [0.4, 0.5) is 11.4 Å². The molecule has 1 saturated heterocycles. The third-order valence-corrected chi connectivity index (χ3v) is 5.58. The number of fused-ring (bicyclic) bond motifs is 1. The number of anilines is 2. The van der Waals surface area contributed by atoms with Crippen molar-refractivity contribution in [1.82, 2.24) is 0 Å². The van der Waals surface area contributed by atoms with E-state index in [2.05, 4.69) is 5.32 Å². The summed E-state index contributed by atoms with van der Waals surface area (Å²) in [5.74, 6) is -2.60. The van der Waals surface area contributed by atoms with Crippen LogP contribution < -0.4 is 10.2 Å². The van der Waals surface area contributed by atoms with Gasteiger partial charge in [0.1, 0.15) is 0 Å². The molecule has 1 heterocycles. The molecule has 0 radical (unpaired) electrons. The largest absolute Gasteiger partial charge is 0.478 e. The zero-order valence-electron chi connectivity index (χ0n) is 16.3. The van der Waals surface area contributed by atoms with E-state index in [0.717, 1.165) is 5.57 Å². The van der Waals surface area contributed by atoms with Gasteiger partial charge in [-0.1, -0.05) is 17.7 Å². The number of carbonyl (C=O) groups is 4. The minimum Gasteiger partial charge on any atom is -0.478 e. The smallest absolute Gasteiger partial charge is 0.335 e. The second-order valence-electron chi connectivity index (χ2n) is 7.60. The first-order valence-corrected chi connectivity index (χ1v) is 9.63. The SMILES string of the molecule is CC1=CC[C@@H]2C(=O)N(c3cccc(C(=O)Nc4ccc(C(=O)O)cc4)c3)C(=O)[C@@H]2C1. The Hall–Kier alpha value is -3.74. The van der Waals surface area contributed by atoms with Crippen molar-refractivity contribution < 1.29 is 24.3 Å². The first-order valence-electron chi connectivity index (χ1n) is 9.63. The molecule has 1 aliphatic carbocycles. The molecule has 3 amide bonds. The van der Waals surface area contributed by atoms with Crippen LogP contribution in [0.15, 0.2) is 60.2 Å². The van der Waals surface area contributed by atoms with E-state index in [0.29, 0.717) is 29.8 Å². The molecule has 2 atom stereocenters. The summed E-state index contributed by atoms with van der Waals surface area (Å²) in [6.45, 7) is 1.96. The first-order chi connectivity index (χ1) is 14.3. The van der Waals surface area contributed by atoms with Crippen molar-refractivity contribution in [3.05, 3.63) is 71.3 Å². The number of carboxylic acids is 1. The van der Waals surface area contributed by atoms with E-state index in [1.807, 2.05) is 13.0 Å². The summed E-state index contributed by atoms with van der Waals surface area (Å²) in [7, 11) is 0. The van der Waals surface area contributed by atoms with Gasteiger partial charge >= 0.3 is 5.97 Å². The predicted molar refractivity (Wildman–Crippen MR) is 110 cm³/mol. The maximum Gasteiger partial charge on any atom is 0.335 e. The molecule has 2 aromatic carbocycles. The van der Waals surface area contributed by atoms with Crippen LogP contribution in [0.3, 0.4) is 0 Å². The Morgan fingerprint density at radius 1 is 1.00 bits per heavy atom. The number of carbonyl (C=O) groups excluding carboxylic acids is 3. The number of amides is 3. The molecule has 1 fully saturated rings. The fourth-order valence-electron chi connectivity index (χ4n) is 3.98. The highest BCUT2D eigenvalue weighted by Crippen LogP contribution is 2.39. The molecule has 4 rings (SSSR count).